The van der Waals surface area contributed by atoms with Crippen LogP contribution in [0.15, 0.2) is 71.8 Å². The zero-order valence-corrected chi connectivity index (χ0v) is 16.7. The molecule has 1 unspecified atom stereocenters. The van der Waals surface area contributed by atoms with Crippen LogP contribution in [0.1, 0.15) is 30.9 Å². The lowest BCUT2D eigenvalue weighted by Crippen LogP contribution is -2.23. The van der Waals surface area contributed by atoms with Crippen molar-refractivity contribution in [2.75, 3.05) is 7.11 Å². The minimum atomic E-state index is -0.756. The third-order valence-corrected chi connectivity index (χ3v) is 4.63. The zero-order valence-electron chi connectivity index (χ0n) is 16.0. The Morgan fingerprint density at radius 3 is 2.54 bits per heavy atom. The quantitative estimate of drug-likeness (QED) is 0.670. The fourth-order valence-electron chi connectivity index (χ4n) is 3.07. The van der Waals surface area contributed by atoms with E-state index in [9.17, 15) is 4.79 Å². The highest BCUT2D eigenvalue weighted by Crippen LogP contribution is 2.38. The number of benzene rings is 2. The lowest BCUT2D eigenvalue weighted by molar-refractivity contribution is 0.0923. The van der Waals surface area contributed by atoms with Crippen molar-refractivity contribution in [3.8, 4) is 5.75 Å². The maximum absolute atomic E-state index is 11.7. The van der Waals surface area contributed by atoms with Crippen LogP contribution in [0.5, 0.6) is 5.75 Å². The molecule has 146 valence electrons. The second-order valence-electron chi connectivity index (χ2n) is 6.45. The number of para-hydroxylation sites is 1. The van der Waals surface area contributed by atoms with Gasteiger partial charge in [-0.3, -0.25) is 0 Å². The van der Waals surface area contributed by atoms with E-state index in [0.717, 1.165) is 22.5 Å². The third-order valence-electron chi connectivity index (χ3n) is 4.38. The van der Waals surface area contributed by atoms with E-state index in [0.29, 0.717) is 23.1 Å². The van der Waals surface area contributed by atoms with Crippen LogP contribution >= 0.6 is 11.6 Å². The Hall–Kier alpha value is -2.92. The Morgan fingerprint density at radius 1 is 1.11 bits per heavy atom. The standard InChI is InChI=1S/C22H22ClNO4/c1-14-12-19(21(15(2)24-14)28-22(25)26-3)18-6-4-5-7-20(18)27-13-16-8-10-17(23)11-9-16/h4-12,19,24H,13H2,1-3H3. The average Bonchev–Trinajstić information content (AvgIpc) is 2.69. The second-order valence-corrected chi connectivity index (χ2v) is 6.89. The summed E-state index contributed by atoms with van der Waals surface area (Å²) in [6.45, 7) is 4.22. The summed E-state index contributed by atoms with van der Waals surface area (Å²) >= 11 is 5.94. The van der Waals surface area contributed by atoms with Crippen LogP contribution in [0.25, 0.3) is 0 Å². The van der Waals surface area contributed by atoms with E-state index in [1.165, 1.54) is 7.11 Å². The first-order chi connectivity index (χ1) is 13.5. The lowest BCUT2D eigenvalue weighted by Gasteiger charge is -2.27. The maximum atomic E-state index is 11.7. The Balaban J connectivity index is 1.89. The number of hydrogen-bond acceptors (Lipinski definition) is 5. The summed E-state index contributed by atoms with van der Waals surface area (Å²) in [5.41, 5.74) is 3.62. The molecule has 0 amide bonds. The van der Waals surface area contributed by atoms with Crippen molar-refractivity contribution in [2.45, 2.75) is 26.4 Å². The van der Waals surface area contributed by atoms with Gasteiger partial charge in [0.1, 0.15) is 18.1 Å². The number of allylic oxidation sites excluding steroid dienone is 3. The predicted molar refractivity (Wildman–Crippen MR) is 108 cm³/mol. The van der Waals surface area contributed by atoms with Gasteiger partial charge in [0.2, 0.25) is 0 Å². The molecule has 3 rings (SSSR count). The molecule has 5 nitrogen and oxygen atoms in total. The molecule has 1 atom stereocenters. The molecule has 6 heteroatoms. The molecule has 0 saturated carbocycles. The van der Waals surface area contributed by atoms with Gasteiger partial charge in [0, 0.05) is 16.3 Å². The van der Waals surface area contributed by atoms with E-state index in [-0.39, 0.29) is 5.92 Å². The van der Waals surface area contributed by atoms with Gasteiger partial charge in [-0.05, 0) is 37.6 Å². The van der Waals surface area contributed by atoms with Crippen LogP contribution in [0, 0.1) is 0 Å². The van der Waals surface area contributed by atoms with Gasteiger partial charge in [-0.2, -0.15) is 0 Å². The highest BCUT2D eigenvalue weighted by molar-refractivity contribution is 6.30. The van der Waals surface area contributed by atoms with Crippen LogP contribution in [-0.2, 0) is 16.1 Å². The van der Waals surface area contributed by atoms with Crippen molar-refractivity contribution in [1.82, 2.24) is 5.32 Å². The molecule has 0 bridgehead atoms. The topological polar surface area (TPSA) is 56.8 Å². The van der Waals surface area contributed by atoms with E-state index >= 15 is 0 Å². The van der Waals surface area contributed by atoms with Gasteiger partial charge in [0.15, 0.2) is 0 Å². The molecular formula is C22H22ClNO4. The Bertz CT molecular complexity index is 918. The number of nitrogens with one attached hydrogen (secondary N) is 1. The van der Waals surface area contributed by atoms with Crippen LogP contribution in [0.3, 0.4) is 0 Å². The fourth-order valence-corrected chi connectivity index (χ4v) is 3.20. The Kier molecular flexibility index (Phi) is 6.26. The molecule has 0 radical (unpaired) electrons. The van der Waals surface area contributed by atoms with Crippen molar-refractivity contribution in [3.63, 3.8) is 0 Å². The van der Waals surface area contributed by atoms with Crippen molar-refractivity contribution in [1.29, 1.82) is 0 Å². The van der Waals surface area contributed by atoms with E-state index in [4.69, 9.17) is 21.1 Å². The largest absolute Gasteiger partial charge is 0.513 e. The van der Waals surface area contributed by atoms with Gasteiger partial charge in [0.25, 0.3) is 0 Å². The number of methoxy groups -OCH3 is 1. The van der Waals surface area contributed by atoms with Crippen LogP contribution in [-0.4, -0.2) is 13.3 Å². The minimum Gasteiger partial charge on any atom is -0.489 e. The van der Waals surface area contributed by atoms with Crippen LogP contribution < -0.4 is 10.1 Å². The van der Waals surface area contributed by atoms with E-state index in [1.54, 1.807) is 0 Å². The number of carbonyl (C=O) groups is 1. The minimum absolute atomic E-state index is 0.276. The van der Waals surface area contributed by atoms with Crippen molar-refractivity contribution in [3.05, 3.63) is 87.9 Å². The van der Waals surface area contributed by atoms with E-state index in [2.05, 4.69) is 10.1 Å². The zero-order chi connectivity index (χ0) is 20.1. The van der Waals surface area contributed by atoms with Crippen molar-refractivity contribution in [2.24, 2.45) is 0 Å². The summed E-state index contributed by atoms with van der Waals surface area (Å²) in [4.78, 5) is 11.7. The first kappa shape index (κ1) is 19.8. The molecule has 1 N–H and O–H groups in total. The summed E-state index contributed by atoms with van der Waals surface area (Å²) < 4.78 is 16.2. The maximum Gasteiger partial charge on any atom is 0.513 e. The molecule has 1 heterocycles. The molecule has 1 aliphatic rings. The second kappa shape index (κ2) is 8.85. The molecule has 0 aliphatic carbocycles. The average molecular weight is 400 g/mol. The molecule has 28 heavy (non-hydrogen) atoms. The molecule has 0 spiro atoms. The molecule has 2 aromatic carbocycles. The highest BCUT2D eigenvalue weighted by Gasteiger charge is 2.28. The molecule has 0 fully saturated rings. The van der Waals surface area contributed by atoms with Gasteiger partial charge in [-0.15, -0.1) is 0 Å². The SMILES string of the molecule is COC(=O)OC1=C(C)NC(C)=CC1c1ccccc1OCc1ccc(Cl)cc1. The predicted octanol–water partition coefficient (Wildman–Crippen LogP) is 5.52. The molecular weight excluding hydrogens is 378 g/mol. The monoisotopic (exact) mass is 399 g/mol. The van der Waals surface area contributed by atoms with Crippen LogP contribution in [0.4, 0.5) is 4.79 Å². The normalized spacial score (nSPS) is 16.1. The molecule has 1 aliphatic heterocycles. The number of carbonyl (C=O) groups excluding carboxylic acids is 1. The van der Waals surface area contributed by atoms with Crippen LogP contribution in [0.2, 0.25) is 5.02 Å². The van der Waals surface area contributed by atoms with Gasteiger partial charge < -0.3 is 19.5 Å². The molecule has 0 aromatic heterocycles. The number of hydrogen-bond donors (Lipinski definition) is 1. The first-order valence-corrected chi connectivity index (χ1v) is 9.24. The van der Waals surface area contributed by atoms with Crippen molar-refractivity contribution < 1.29 is 19.0 Å². The third kappa shape index (κ3) is 4.67. The summed E-state index contributed by atoms with van der Waals surface area (Å²) in [6, 6.07) is 15.2. The number of ether oxygens (including phenoxy) is 3. The van der Waals surface area contributed by atoms with Gasteiger partial charge in [-0.25, -0.2) is 4.79 Å². The van der Waals surface area contributed by atoms with Gasteiger partial charge in [0.05, 0.1) is 18.7 Å². The Morgan fingerprint density at radius 2 is 1.82 bits per heavy atom. The number of rotatable bonds is 5. The smallest absolute Gasteiger partial charge is 0.489 e. The summed E-state index contributed by atoms with van der Waals surface area (Å²) in [7, 11) is 1.29. The lowest BCUT2D eigenvalue weighted by atomic mass is 9.92. The van der Waals surface area contributed by atoms with E-state index in [1.807, 2.05) is 68.5 Å². The van der Waals surface area contributed by atoms with Gasteiger partial charge in [-0.1, -0.05) is 48.0 Å². The fraction of sp³-hybridized carbons (Fsp3) is 0.227. The number of halogens is 1. The van der Waals surface area contributed by atoms with Gasteiger partial charge >= 0.3 is 6.16 Å². The first-order valence-electron chi connectivity index (χ1n) is 8.86. The summed E-state index contributed by atoms with van der Waals surface area (Å²) in [6.07, 6.45) is 1.24. The Labute approximate surface area is 169 Å². The van der Waals surface area contributed by atoms with E-state index < -0.39 is 6.16 Å². The summed E-state index contributed by atoms with van der Waals surface area (Å²) in [5.74, 6) is 0.925. The summed E-state index contributed by atoms with van der Waals surface area (Å²) in [5, 5.41) is 3.88. The molecule has 0 saturated heterocycles. The number of dihydropyridines is 1. The highest BCUT2D eigenvalue weighted by atomic mass is 35.5. The molecule has 2 aromatic rings. The van der Waals surface area contributed by atoms with Crippen molar-refractivity contribution >= 4 is 17.8 Å².